The number of benzene rings is 3. The summed E-state index contributed by atoms with van der Waals surface area (Å²) < 4.78 is 33.1. The molecule has 3 rings (SSSR count). The number of aryl methyl sites for hydroxylation is 1. The van der Waals surface area contributed by atoms with Gasteiger partial charge in [0.25, 0.3) is 10.0 Å². The largest absolute Gasteiger partial charge is 0.497 e. The van der Waals surface area contributed by atoms with E-state index in [1.54, 1.807) is 30.3 Å². The van der Waals surface area contributed by atoms with Crippen LogP contribution in [0.3, 0.4) is 0 Å². The predicted octanol–water partition coefficient (Wildman–Crippen LogP) is 4.56. The fraction of sp³-hybridized carbons (Fsp3) is 0.174. The van der Waals surface area contributed by atoms with Gasteiger partial charge in [0.05, 0.1) is 23.4 Å². The molecular weight excluding hydrogens is 432 g/mol. The number of thioether (sulfide) groups is 1. The van der Waals surface area contributed by atoms with Gasteiger partial charge in [0.2, 0.25) is 5.91 Å². The van der Waals surface area contributed by atoms with Crippen molar-refractivity contribution < 1.29 is 17.9 Å². The fourth-order valence-corrected chi connectivity index (χ4v) is 4.94. The Hall–Kier alpha value is -2.97. The van der Waals surface area contributed by atoms with Gasteiger partial charge in [-0.1, -0.05) is 29.8 Å². The van der Waals surface area contributed by atoms with Gasteiger partial charge in [0.1, 0.15) is 12.3 Å². The maximum Gasteiger partial charge on any atom is 0.264 e. The van der Waals surface area contributed by atoms with Crippen LogP contribution in [-0.4, -0.2) is 34.2 Å². The molecule has 0 aliphatic heterocycles. The van der Waals surface area contributed by atoms with Crippen molar-refractivity contribution in [3.63, 3.8) is 0 Å². The van der Waals surface area contributed by atoms with Crippen molar-refractivity contribution in [2.24, 2.45) is 0 Å². The van der Waals surface area contributed by atoms with Crippen molar-refractivity contribution in [1.82, 2.24) is 0 Å². The summed E-state index contributed by atoms with van der Waals surface area (Å²) in [6.07, 6.45) is 1.91. The number of amides is 1. The Morgan fingerprint density at radius 1 is 1.00 bits per heavy atom. The first-order valence-electron chi connectivity index (χ1n) is 9.51. The quantitative estimate of drug-likeness (QED) is 0.503. The second-order valence-corrected chi connectivity index (χ2v) is 9.48. The average Bonchev–Trinajstić information content (AvgIpc) is 2.78. The van der Waals surface area contributed by atoms with Gasteiger partial charge in [0.15, 0.2) is 0 Å². The molecule has 0 saturated carbocycles. The lowest BCUT2D eigenvalue weighted by molar-refractivity contribution is -0.114. The number of hydrogen-bond acceptors (Lipinski definition) is 5. The first-order valence-corrected chi connectivity index (χ1v) is 12.2. The Morgan fingerprint density at radius 3 is 2.26 bits per heavy atom. The van der Waals surface area contributed by atoms with Gasteiger partial charge in [0, 0.05) is 4.90 Å². The molecule has 0 radical (unpaired) electrons. The van der Waals surface area contributed by atoms with Gasteiger partial charge in [-0.2, -0.15) is 0 Å². The monoisotopic (exact) mass is 456 g/mol. The standard InChI is InChI=1S/C23H24N2O4S2/c1-17-8-10-18(11-9-17)25(31(27,28)20-14-12-19(29-2)13-15-20)16-23(26)24-21-6-4-5-7-22(21)30-3/h4-15H,16H2,1-3H3,(H,24,26). The van der Waals surface area contributed by atoms with Gasteiger partial charge in [-0.25, -0.2) is 8.42 Å². The second kappa shape index (κ2) is 9.89. The molecule has 3 aromatic rings. The third kappa shape index (κ3) is 5.39. The van der Waals surface area contributed by atoms with Gasteiger partial charge in [-0.15, -0.1) is 11.8 Å². The van der Waals surface area contributed by atoms with E-state index in [0.717, 1.165) is 14.8 Å². The van der Waals surface area contributed by atoms with Crippen molar-refractivity contribution in [2.75, 3.05) is 29.5 Å². The maximum absolute atomic E-state index is 13.4. The summed E-state index contributed by atoms with van der Waals surface area (Å²) in [5, 5.41) is 2.83. The molecule has 31 heavy (non-hydrogen) atoms. The van der Waals surface area contributed by atoms with Crippen molar-refractivity contribution in [1.29, 1.82) is 0 Å². The zero-order valence-corrected chi connectivity index (χ0v) is 19.2. The number of carbonyl (C=O) groups is 1. The molecule has 162 valence electrons. The second-order valence-electron chi connectivity index (χ2n) is 6.77. The van der Waals surface area contributed by atoms with Crippen LogP contribution in [0.1, 0.15) is 5.56 Å². The topological polar surface area (TPSA) is 75.7 Å². The minimum Gasteiger partial charge on any atom is -0.497 e. The van der Waals surface area contributed by atoms with Crippen LogP contribution < -0.4 is 14.4 Å². The number of hydrogen-bond donors (Lipinski definition) is 1. The lowest BCUT2D eigenvalue weighted by Gasteiger charge is -2.24. The number of sulfonamides is 1. The number of rotatable bonds is 8. The molecule has 3 aromatic carbocycles. The molecule has 0 unspecified atom stereocenters. The van der Waals surface area contributed by atoms with Crippen LogP contribution in [0.15, 0.2) is 82.6 Å². The molecule has 0 fully saturated rings. The van der Waals surface area contributed by atoms with Crippen LogP contribution in [0.4, 0.5) is 11.4 Å². The Labute approximate surface area is 187 Å². The van der Waals surface area contributed by atoms with Crippen LogP contribution in [0, 0.1) is 6.92 Å². The average molecular weight is 457 g/mol. The molecule has 0 aliphatic carbocycles. The summed E-state index contributed by atoms with van der Waals surface area (Å²) in [6.45, 7) is 1.55. The maximum atomic E-state index is 13.4. The van der Waals surface area contributed by atoms with Crippen LogP contribution >= 0.6 is 11.8 Å². The Morgan fingerprint density at radius 2 is 1.65 bits per heavy atom. The number of nitrogens with one attached hydrogen (secondary N) is 1. The zero-order chi connectivity index (χ0) is 22.4. The summed E-state index contributed by atoms with van der Waals surface area (Å²) >= 11 is 1.50. The number of methoxy groups -OCH3 is 1. The van der Waals surface area contributed by atoms with Crippen molar-refractivity contribution in [2.45, 2.75) is 16.7 Å². The number of ether oxygens (including phenoxy) is 1. The molecule has 6 nitrogen and oxygen atoms in total. The van der Waals surface area contributed by atoms with Crippen molar-refractivity contribution >= 4 is 39.1 Å². The van der Waals surface area contributed by atoms with E-state index < -0.39 is 15.9 Å². The molecule has 0 heterocycles. The molecule has 0 aliphatic rings. The summed E-state index contributed by atoms with van der Waals surface area (Å²) in [7, 11) is -2.47. The molecule has 1 N–H and O–H groups in total. The lowest BCUT2D eigenvalue weighted by atomic mass is 10.2. The fourth-order valence-electron chi connectivity index (χ4n) is 2.97. The normalized spacial score (nSPS) is 11.1. The highest BCUT2D eigenvalue weighted by Gasteiger charge is 2.27. The molecule has 8 heteroatoms. The lowest BCUT2D eigenvalue weighted by Crippen LogP contribution is -2.38. The van der Waals surface area contributed by atoms with Crippen LogP contribution in [0.5, 0.6) is 5.75 Å². The molecule has 0 saturated heterocycles. The Kier molecular flexibility index (Phi) is 7.25. The number of nitrogens with zero attached hydrogens (tertiary/aromatic N) is 1. The molecule has 0 bridgehead atoms. The number of carbonyl (C=O) groups excluding carboxylic acids is 1. The summed E-state index contributed by atoms with van der Waals surface area (Å²) in [4.78, 5) is 13.8. The van der Waals surface area contributed by atoms with E-state index in [0.29, 0.717) is 17.1 Å². The summed E-state index contributed by atoms with van der Waals surface area (Å²) in [5.41, 5.74) is 2.05. The summed E-state index contributed by atoms with van der Waals surface area (Å²) in [6, 6.07) is 20.5. The van der Waals surface area contributed by atoms with Crippen LogP contribution in [0.2, 0.25) is 0 Å². The first kappa shape index (κ1) is 22.7. The molecule has 1 amide bonds. The third-order valence-corrected chi connectivity index (χ3v) is 7.22. The number of anilines is 2. The smallest absolute Gasteiger partial charge is 0.264 e. The van der Waals surface area contributed by atoms with E-state index in [2.05, 4.69) is 5.32 Å². The van der Waals surface area contributed by atoms with Crippen LogP contribution in [-0.2, 0) is 14.8 Å². The number of para-hydroxylation sites is 1. The predicted molar refractivity (Wildman–Crippen MR) is 126 cm³/mol. The van der Waals surface area contributed by atoms with E-state index in [4.69, 9.17) is 4.74 Å². The van der Waals surface area contributed by atoms with E-state index in [1.807, 2.05) is 43.5 Å². The van der Waals surface area contributed by atoms with Gasteiger partial charge in [-0.05, 0) is 61.7 Å². The van der Waals surface area contributed by atoms with E-state index in [-0.39, 0.29) is 11.4 Å². The van der Waals surface area contributed by atoms with Crippen molar-refractivity contribution in [3.8, 4) is 5.75 Å². The Bertz CT molecular complexity index is 1140. The van der Waals surface area contributed by atoms with Gasteiger partial charge in [-0.3, -0.25) is 9.10 Å². The highest BCUT2D eigenvalue weighted by Crippen LogP contribution is 2.27. The zero-order valence-electron chi connectivity index (χ0n) is 17.5. The van der Waals surface area contributed by atoms with Crippen LogP contribution in [0.25, 0.3) is 0 Å². The molecule has 0 atom stereocenters. The van der Waals surface area contributed by atoms with Crippen molar-refractivity contribution in [3.05, 3.63) is 78.4 Å². The highest BCUT2D eigenvalue weighted by atomic mass is 32.2. The molecular formula is C23H24N2O4S2. The van der Waals surface area contributed by atoms with E-state index >= 15 is 0 Å². The van der Waals surface area contributed by atoms with E-state index in [9.17, 15) is 13.2 Å². The van der Waals surface area contributed by atoms with E-state index in [1.165, 1.54) is 31.0 Å². The summed E-state index contributed by atoms with van der Waals surface area (Å²) in [5.74, 6) is 0.117. The minimum absolute atomic E-state index is 0.0752. The SMILES string of the molecule is COc1ccc(S(=O)(=O)N(CC(=O)Nc2ccccc2SC)c2ccc(C)cc2)cc1. The highest BCUT2D eigenvalue weighted by molar-refractivity contribution is 7.98. The van der Waals surface area contributed by atoms with Gasteiger partial charge < -0.3 is 10.1 Å². The third-order valence-electron chi connectivity index (χ3n) is 4.64. The first-order chi connectivity index (χ1) is 14.8. The molecule has 0 spiro atoms. The minimum atomic E-state index is -3.98. The molecule has 0 aromatic heterocycles. The van der Waals surface area contributed by atoms with Gasteiger partial charge >= 0.3 is 0 Å². The Balaban J connectivity index is 1.94.